The van der Waals surface area contributed by atoms with Gasteiger partial charge in [0, 0.05) is 12.3 Å². The largest absolute Gasteiger partial charge is 0.344 e. The first kappa shape index (κ1) is 9.47. The van der Waals surface area contributed by atoms with E-state index in [4.69, 9.17) is 9.79 Å². The number of hydrogen-bond donors (Lipinski definition) is 2. The third-order valence-corrected chi connectivity index (χ3v) is 7.27. The molecule has 2 N–H and O–H groups in total. The molecule has 0 bridgehead atoms. The van der Waals surface area contributed by atoms with Crippen LogP contribution in [0.3, 0.4) is 0 Å². The standard InChI is InChI=1S/C5H12O4P2/c6-10(7)3-1-2-4-11(8,9)5-10/h1-5H2,(H,6,7)(H,8,9). The lowest BCUT2D eigenvalue weighted by atomic mass is 10.4. The van der Waals surface area contributed by atoms with Crippen molar-refractivity contribution in [2.75, 3.05) is 18.2 Å². The quantitative estimate of drug-likeness (QED) is 0.575. The Hall–Kier alpha value is 0.380. The molecule has 0 aromatic carbocycles. The topological polar surface area (TPSA) is 74.6 Å². The number of hydrogen-bond acceptors (Lipinski definition) is 2. The minimum absolute atomic E-state index is 0.206. The van der Waals surface area contributed by atoms with E-state index < -0.39 is 14.7 Å². The molecule has 1 saturated heterocycles. The van der Waals surface area contributed by atoms with Gasteiger partial charge in [0.25, 0.3) is 0 Å². The van der Waals surface area contributed by atoms with E-state index in [9.17, 15) is 9.13 Å². The Morgan fingerprint density at radius 1 is 0.909 bits per heavy atom. The summed E-state index contributed by atoms with van der Waals surface area (Å²) in [5, 5.41) is 0. The molecular formula is C5H12O4P2. The van der Waals surface area contributed by atoms with E-state index >= 15 is 0 Å². The molecule has 0 spiro atoms. The molecule has 0 amide bonds. The average Bonchev–Trinajstić information content (AvgIpc) is 1.86. The molecule has 11 heavy (non-hydrogen) atoms. The van der Waals surface area contributed by atoms with Crippen LogP contribution in [0.25, 0.3) is 0 Å². The highest BCUT2D eigenvalue weighted by Crippen LogP contribution is 2.59. The van der Waals surface area contributed by atoms with Crippen molar-refractivity contribution in [2.24, 2.45) is 0 Å². The van der Waals surface area contributed by atoms with Crippen LogP contribution < -0.4 is 0 Å². The van der Waals surface area contributed by atoms with Crippen molar-refractivity contribution >= 4 is 14.7 Å². The summed E-state index contributed by atoms with van der Waals surface area (Å²) >= 11 is 0. The van der Waals surface area contributed by atoms with Crippen LogP contribution in [0.5, 0.6) is 0 Å². The summed E-state index contributed by atoms with van der Waals surface area (Å²) in [4.78, 5) is 18.2. The van der Waals surface area contributed by atoms with Crippen molar-refractivity contribution in [2.45, 2.75) is 12.8 Å². The van der Waals surface area contributed by atoms with E-state index in [0.717, 1.165) is 0 Å². The number of rotatable bonds is 0. The highest BCUT2D eigenvalue weighted by atomic mass is 31.2. The molecule has 1 heterocycles. The molecule has 1 rings (SSSR count). The minimum Gasteiger partial charge on any atom is -0.344 e. The van der Waals surface area contributed by atoms with Crippen LogP contribution in [0.2, 0.25) is 0 Å². The van der Waals surface area contributed by atoms with E-state index in [0.29, 0.717) is 12.8 Å². The van der Waals surface area contributed by atoms with Gasteiger partial charge >= 0.3 is 0 Å². The first-order valence-corrected chi connectivity index (χ1v) is 7.59. The van der Waals surface area contributed by atoms with Gasteiger partial charge in [0.1, 0.15) is 5.90 Å². The molecule has 0 saturated carbocycles. The Bertz CT molecular complexity index is 213. The van der Waals surface area contributed by atoms with Gasteiger partial charge in [-0.15, -0.1) is 0 Å². The van der Waals surface area contributed by atoms with Gasteiger partial charge in [-0.1, -0.05) is 0 Å². The predicted octanol–water partition coefficient (Wildman–Crippen LogP) is 1.28. The second-order valence-electron chi connectivity index (χ2n) is 2.99. The van der Waals surface area contributed by atoms with Gasteiger partial charge in [-0.05, 0) is 12.8 Å². The van der Waals surface area contributed by atoms with Crippen LogP contribution in [-0.2, 0) is 9.13 Å². The van der Waals surface area contributed by atoms with E-state index in [-0.39, 0.29) is 18.2 Å². The lowest BCUT2D eigenvalue weighted by Gasteiger charge is -2.10. The highest BCUT2D eigenvalue weighted by Gasteiger charge is 2.33. The summed E-state index contributed by atoms with van der Waals surface area (Å²) < 4.78 is 22.2. The average molecular weight is 198 g/mol. The SMILES string of the molecule is O=P1(O)CCCCP(=O)(O)C1. The lowest BCUT2D eigenvalue weighted by molar-refractivity contribution is 0.469. The fourth-order valence-electron chi connectivity index (χ4n) is 1.20. The van der Waals surface area contributed by atoms with Gasteiger partial charge in [0.05, 0.1) is 0 Å². The molecule has 1 aliphatic rings. The van der Waals surface area contributed by atoms with Gasteiger partial charge in [-0.3, -0.25) is 9.13 Å². The van der Waals surface area contributed by atoms with Crippen LogP contribution in [-0.4, -0.2) is 28.0 Å². The predicted molar refractivity (Wildman–Crippen MR) is 43.5 cm³/mol. The second kappa shape index (κ2) is 3.02. The Morgan fingerprint density at radius 3 is 1.64 bits per heavy atom. The van der Waals surface area contributed by atoms with Gasteiger partial charge in [-0.2, -0.15) is 0 Å². The van der Waals surface area contributed by atoms with Crippen LogP contribution in [0.4, 0.5) is 0 Å². The van der Waals surface area contributed by atoms with Crippen LogP contribution >= 0.6 is 14.7 Å². The van der Waals surface area contributed by atoms with E-state index in [1.807, 2.05) is 0 Å². The molecule has 2 atom stereocenters. The summed E-state index contributed by atoms with van der Waals surface area (Å²) in [6.45, 7) is 0. The molecule has 4 nitrogen and oxygen atoms in total. The Morgan fingerprint density at radius 2 is 1.27 bits per heavy atom. The zero-order chi connectivity index (χ0) is 8.54. The summed E-state index contributed by atoms with van der Waals surface area (Å²) in [5.41, 5.74) is 0. The first-order chi connectivity index (χ1) is 4.91. The summed E-state index contributed by atoms with van der Waals surface area (Å²) in [7, 11) is -6.53. The minimum atomic E-state index is -3.26. The summed E-state index contributed by atoms with van der Waals surface area (Å²) in [6, 6.07) is 0. The smallest absolute Gasteiger partial charge is 0.210 e. The molecule has 0 radical (unpaired) electrons. The van der Waals surface area contributed by atoms with Crippen LogP contribution in [0.15, 0.2) is 0 Å². The second-order valence-corrected chi connectivity index (χ2v) is 8.40. The van der Waals surface area contributed by atoms with Crippen LogP contribution in [0.1, 0.15) is 12.8 Å². The van der Waals surface area contributed by atoms with Crippen molar-refractivity contribution in [3.05, 3.63) is 0 Å². The molecule has 1 fully saturated rings. The van der Waals surface area contributed by atoms with Crippen molar-refractivity contribution in [3.8, 4) is 0 Å². The Kier molecular flexibility index (Phi) is 2.60. The molecule has 0 aromatic heterocycles. The highest BCUT2D eigenvalue weighted by molar-refractivity contribution is 7.75. The maximum Gasteiger partial charge on any atom is 0.210 e. The maximum absolute atomic E-state index is 11.1. The molecule has 2 unspecified atom stereocenters. The lowest BCUT2D eigenvalue weighted by Crippen LogP contribution is -1.92. The fourth-order valence-corrected chi connectivity index (χ4v) is 6.53. The molecule has 6 heteroatoms. The van der Waals surface area contributed by atoms with E-state index in [1.54, 1.807) is 0 Å². The van der Waals surface area contributed by atoms with Gasteiger partial charge in [-0.25, -0.2) is 0 Å². The Labute approximate surface area is 65.5 Å². The summed E-state index contributed by atoms with van der Waals surface area (Å²) in [5.74, 6) is -0.375. The fraction of sp³-hybridized carbons (Fsp3) is 1.00. The van der Waals surface area contributed by atoms with E-state index in [1.165, 1.54) is 0 Å². The van der Waals surface area contributed by atoms with Crippen molar-refractivity contribution < 1.29 is 18.9 Å². The van der Waals surface area contributed by atoms with Crippen LogP contribution in [0, 0.1) is 0 Å². The zero-order valence-electron chi connectivity index (χ0n) is 6.14. The van der Waals surface area contributed by atoms with Crippen molar-refractivity contribution in [3.63, 3.8) is 0 Å². The summed E-state index contributed by atoms with van der Waals surface area (Å²) in [6.07, 6.45) is 1.60. The molecule has 1 aliphatic heterocycles. The molecule has 0 aromatic rings. The third-order valence-electron chi connectivity index (χ3n) is 1.71. The van der Waals surface area contributed by atoms with Gasteiger partial charge in [0.2, 0.25) is 14.7 Å². The van der Waals surface area contributed by atoms with Gasteiger partial charge < -0.3 is 9.79 Å². The van der Waals surface area contributed by atoms with E-state index in [2.05, 4.69) is 0 Å². The molecule has 0 aliphatic carbocycles. The third kappa shape index (κ3) is 3.08. The molecule has 66 valence electrons. The normalized spacial score (nSPS) is 46.7. The first-order valence-electron chi connectivity index (χ1n) is 3.53. The van der Waals surface area contributed by atoms with Gasteiger partial charge in [0.15, 0.2) is 0 Å². The van der Waals surface area contributed by atoms with Crippen molar-refractivity contribution in [1.82, 2.24) is 0 Å². The zero-order valence-corrected chi connectivity index (χ0v) is 7.93. The maximum atomic E-state index is 11.1. The molecular weight excluding hydrogens is 186 g/mol. The Balaban J connectivity index is 2.78. The van der Waals surface area contributed by atoms with Crippen molar-refractivity contribution in [1.29, 1.82) is 0 Å². The monoisotopic (exact) mass is 198 g/mol.